The largest absolute Gasteiger partial charge is 0.396 e. The average molecular weight is 125 g/mol. The Kier molecular flexibility index (Phi) is 2.07. The quantitative estimate of drug-likeness (QED) is 0.566. The third-order valence-electron chi connectivity index (χ3n) is 2.06. The van der Waals surface area contributed by atoms with Crippen molar-refractivity contribution in [3.8, 4) is 6.07 Å². The molecule has 2 nitrogen and oxygen atoms in total. The maximum absolute atomic E-state index is 8.72. The fraction of sp³-hybridized carbons (Fsp3) is 0.857. The van der Waals surface area contributed by atoms with Crippen LogP contribution in [0.5, 0.6) is 0 Å². The summed E-state index contributed by atoms with van der Waals surface area (Å²) in [5.74, 6) is 0.407. The second kappa shape index (κ2) is 2.84. The molecule has 0 bridgehead atoms. The monoisotopic (exact) mass is 125 g/mol. The van der Waals surface area contributed by atoms with E-state index in [0.717, 1.165) is 19.3 Å². The van der Waals surface area contributed by atoms with Crippen molar-refractivity contribution in [2.75, 3.05) is 6.61 Å². The molecule has 1 aliphatic rings. The van der Waals surface area contributed by atoms with Crippen molar-refractivity contribution in [1.82, 2.24) is 0 Å². The molecule has 0 aromatic carbocycles. The molecule has 1 fully saturated rings. The molecule has 0 spiro atoms. The van der Waals surface area contributed by atoms with Crippen LogP contribution in [0, 0.1) is 23.2 Å². The highest BCUT2D eigenvalue weighted by atomic mass is 16.3. The molecule has 1 rings (SSSR count). The second-order valence-corrected chi connectivity index (χ2v) is 2.61. The Hall–Kier alpha value is -0.550. The molecule has 1 saturated carbocycles. The molecular weight excluding hydrogens is 114 g/mol. The van der Waals surface area contributed by atoms with Gasteiger partial charge >= 0.3 is 0 Å². The minimum Gasteiger partial charge on any atom is -0.396 e. The number of aliphatic hydroxyl groups excluding tert-OH is 1. The fourth-order valence-electron chi connectivity index (χ4n) is 1.43. The van der Waals surface area contributed by atoms with Crippen molar-refractivity contribution in [2.45, 2.75) is 19.3 Å². The van der Waals surface area contributed by atoms with Crippen LogP contribution in [0.15, 0.2) is 0 Å². The summed E-state index contributed by atoms with van der Waals surface area (Å²) in [5, 5.41) is 17.2. The molecule has 0 aliphatic heterocycles. The van der Waals surface area contributed by atoms with Gasteiger partial charge in [-0.1, -0.05) is 6.42 Å². The van der Waals surface area contributed by atoms with Gasteiger partial charge in [-0.25, -0.2) is 0 Å². The Morgan fingerprint density at radius 3 is 2.78 bits per heavy atom. The first-order chi connectivity index (χ1) is 4.38. The second-order valence-electron chi connectivity index (χ2n) is 2.61. The summed E-state index contributed by atoms with van der Waals surface area (Å²) in [4.78, 5) is 0. The van der Waals surface area contributed by atoms with Gasteiger partial charge in [0.15, 0.2) is 0 Å². The van der Waals surface area contributed by atoms with Gasteiger partial charge in [0, 0.05) is 6.61 Å². The summed E-state index contributed by atoms with van der Waals surface area (Å²) in [6.45, 7) is 0.193. The van der Waals surface area contributed by atoms with Crippen LogP contribution < -0.4 is 0 Å². The lowest BCUT2D eigenvalue weighted by Crippen LogP contribution is -2.09. The maximum atomic E-state index is 8.72. The number of rotatable bonds is 1. The van der Waals surface area contributed by atoms with Crippen LogP contribution >= 0.6 is 0 Å². The summed E-state index contributed by atoms with van der Waals surface area (Å²) < 4.78 is 0. The van der Waals surface area contributed by atoms with Gasteiger partial charge in [-0.05, 0) is 18.8 Å². The highest BCUT2D eigenvalue weighted by Crippen LogP contribution is 2.30. The van der Waals surface area contributed by atoms with Gasteiger partial charge < -0.3 is 5.11 Å². The molecule has 0 aromatic heterocycles. The van der Waals surface area contributed by atoms with Gasteiger partial charge in [0.1, 0.15) is 0 Å². The summed E-state index contributed by atoms with van der Waals surface area (Å²) >= 11 is 0. The van der Waals surface area contributed by atoms with Crippen LogP contribution in [0.1, 0.15) is 19.3 Å². The lowest BCUT2D eigenvalue weighted by Gasteiger charge is -2.06. The van der Waals surface area contributed by atoms with Gasteiger partial charge in [-0.2, -0.15) is 5.26 Å². The van der Waals surface area contributed by atoms with E-state index in [1.54, 1.807) is 0 Å². The van der Waals surface area contributed by atoms with E-state index in [1.165, 1.54) is 0 Å². The smallest absolute Gasteiger partial charge is 0.0659 e. The Labute approximate surface area is 55.1 Å². The first-order valence-corrected chi connectivity index (χ1v) is 3.39. The molecular formula is C7H11NO. The molecule has 2 heteroatoms. The van der Waals surface area contributed by atoms with Crippen LogP contribution in [-0.2, 0) is 0 Å². The molecule has 50 valence electrons. The summed E-state index contributed by atoms with van der Waals surface area (Å²) in [7, 11) is 0. The van der Waals surface area contributed by atoms with Crippen molar-refractivity contribution < 1.29 is 5.11 Å². The van der Waals surface area contributed by atoms with E-state index in [9.17, 15) is 0 Å². The van der Waals surface area contributed by atoms with Crippen molar-refractivity contribution in [2.24, 2.45) is 11.8 Å². The maximum Gasteiger partial charge on any atom is 0.0659 e. The molecule has 0 amide bonds. The minimum absolute atomic E-state index is 0.134. The number of aliphatic hydroxyl groups is 1. The lowest BCUT2D eigenvalue weighted by molar-refractivity contribution is 0.212. The van der Waals surface area contributed by atoms with Gasteiger partial charge in [0.2, 0.25) is 0 Å². The average Bonchev–Trinajstić information content (AvgIpc) is 2.33. The van der Waals surface area contributed by atoms with Gasteiger partial charge in [-0.15, -0.1) is 0 Å². The van der Waals surface area contributed by atoms with E-state index in [0.29, 0.717) is 0 Å². The molecule has 1 aliphatic carbocycles. The van der Waals surface area contributed by atoms with E-state index >= 15 is 0 Å². The van der Waals surface area contributed by atoms with Crippen molar-refractivity contribution in [3.63, 3.8) is 0 Å². The highest BCUT2D eigenvalue weighted by molar-refractivity contribution is 4.91. The van der Waals surface area contributed by atoms with Crippen LogP contribution in [0.4, 0.5) is 0 Å². The van der Waals surface area contributed by atoms with Crippen molar-refractivity contribution in [3.05, 3.63) is 0 Å². The van der Waals surface area contributed by atoms with E-state index in [-0.39, 0.29) is 18.4 Å². The zero-order valence-corrected chi connectivity index (χ0v) is 5.38. The fourth-order valence-corrected chi connectivity index (χ4v) is 1.43. The summed E-state index contributed by atoms with van der Waals surface area (Å²) in [6, 6.07) is 2.20. The number of nitrogens with zero attached hydrogens (tertiary/aromatic N) is 1. The van der Waals surface area contributed by atoms with Gasteiger partial charge in [0.05, 0.1) is 12.0 Å². The van der Waals surface area contributed by atoms with Gasteiger partial charge in [-0.3, -0.25) is 0 Å². The normalized spacial score (nSPS) is 34.2. The first-order valence-electron chi connectivity index (χ1n) is 3.39. The predicted molar refractivity (Wildman–Crippen MR) is 33.5 cm³/mol. The predicted octanol–water partition coefficient (Wildman–Crippen LogP) is 0.919. The highest BCUT2D eigenvalue weighted by Gasteiger charge is 2.25. The van der Waals surface area contributed by atoms with E-state index < -0.39 is 0 Å². The van der Waals surface area contributed by atoms with Crippen LogP contribution in [0.3, 0.4) is 0 Å². The number of hydrogen-bond donors (Lipinski definition) is 1. The van der Waals surface area contributed by atoms with Crippen molar-refractivity contribution in [1.29, 1.82) is 5.26 Å². The summed E-state index contributed by atoms with van der Waals surface area (Å²) in [5.41, 5.74) is 0. The summed E-state index contributed by atoms with van der Waals surface area (Å²) in [6.07, 6.45) is 3.14. The third-order valence-corrected chi connectivity index (χ3v) is 2.06. The van der Waals surface area contributed by atoms with Crippen molar-refractivity contribution >= 4 is 0 Å². The van der Waals surface area contributed by atoms with Crippen LogP contribution in [0.2, 0.25) is 0 Å². The number of hydrogen-bond acceptors (Lipinski definition) is 2. The Morgan fingerprint density at radius 1 is 1.56 bits per heavy atom. The zero-order chi connectivity index (χ0) is 6.69. The molecule has 0 aromatic rings. The van der Waals surface area contributed by atoms with E-state index in [1.807, 2.05) is 0 Å². The molecule has 0 radical (unpaired) electrons. The Balaban J connectivity index is 2.44. The van der Waals surface area contributed by atoms with Crippen LogP contribution in [-0.4, -0.2) is 11.7 Å². The standard InChI is InChI=1S/C7H11NO/c8-4-6-2-1-3-7(6)5-9/h6-7,9H,1-3,5H2. The number of nitriles is 1. The third kappa shape index (κ3) is 1.22. The van der Waals surface area contributed by atoms with Crippen LogP contribution in [0.25, 0.3) is 0 Å². The SMILES string of the molecule is N#CC1CCCC1CO. The molecule has 2 atom stereocenters. The molecule has 9 heavy (non-hydrogen) atoms. The van der Waals surface area contributed by atoms with E-state index in [4.69, 9.17) is 10.4 Å². The zero-order valence-electron chi connectivity index (χ0n) is 5.38. The molecule has 0 saturated heterocycles. The lowest BCUT2D eigenvalue weighted by atomic mass is 9.99. The Bertz CT molecular complexity index is 127. The minimum atomic E-state index is 0.134. The molecule has 1 N–H and O–H groups in total. The van der Waals surface area contributed by atoms with Gasteiger partial charge in [0.25, 0.3) is 0 Å². The Morgan fingerprint density at radius 2 is 2.33 bits per heavy atom. The first kappa shape index (κ1) is 6.57. The van der Waals surface area contributed by atoms with E-state index in [2.05, 4.69) is 6.07 Å². The molecule has 0 heterocycles. The topological polar surface area (TPSA) is 44.0 Å². The molecule has 2 unspecified atom stereocenters.